The van der Waals surface area contributed by atoms with Gasteiger partial charge < -0.3 is 10.8 Å². The minimum atomic E-state index is -0.958. The SMILES string of the molecule is CCCCC(CC)CC(CN)(C(=O)O)c1cccc(C)c1. The summed E-state index contributed by atoms with van der Waals surface area (Å²) in [5.74, 6) is -0.393. The van der Waals surface area contributed by atoms with E-state index in [-0.39, 0.29) is 6.54 Å². The molecule has 0 spiro atoms. The molecule has 1 aromatic rings. The molecule has 0 amide bonds. The van der Waals surface area contributed by atoms with E-state index in [2.05, 4.69) is 13.8 Å². The molecular weight excluding hydrogens is 262 g/mol. The third-order valence-corrected chi connectivity index (χ3v) is 4.51. The first-order valence-electron chi connectivity index (χ1n) is 8.00. The van der Waals surface area contributed by atoms with E-state index in [1.54, 1.807) is 0 Å². The molecule has 3 heteroatoms. The minimum absolute atomic E-state index is 0.147. The maximum Gasteiger partial charge on any atom is 0.315 e. The first-order chi connectivity index (χ1) is 10.00. The molecule has 3 N–H and O–H groups in total. The zero-order valence-corrected chi connectivity index (χ0v) is 13.6. The van der Waals surface area contributed by atoms with E-state index < -0.39 is 11.4 Å². The van der Waals surface area contributed by atoms with Crippen LogP contribution in [-0.2, 0) is 10.2 Å². The van der Waals surface area contributed by atoms with E-state index in [9.17, 15) is 9.90 Å². The number of hydrogen-bond donors (Lipinski definition) is 2. The lowest BCUT2D eigenvalue weighted by Crippen LogP contribution is -2.44. The first kappa shape index (κ1) is 17.7. The second-order valence-electron chi connectivity index (χ2n) is 6.08. The third-order valence-electron chi connectivity index (χ3n) is 4.51. The van der Waals surface area contributed by atoms with Crippen molar-refractivity contribution in [3.05, 3.63) is 35.4 Å². The van der Waals surface area contributed by atoms with Crippen molar-refractivity contribution in [1.82, 2.24) is 0 Å². The second-order valence-corrected chi connectivity index (χ2v) is 6.08. The summed E-state index contributed by atoms with van der Waals surface area (Å²) in [4.78, 5) is 12.0. The predicted molar refractivity (Wildman–Crippen MR) is 87.5 cm³/mol. The number of rotatable bonds is 9. The van der Waals surface area contributed by atoms with Crippen molar-refractivity contribution in [2.75, 3.05) is 6.54 Å². The maximum absolute atomic E-state index is 12.0. The van der Waals surface area contributed by atoms with Crippen LogP contribution in [0.5, 0.6) is 0 Å². The van der Waals surface area contributed by atoms with Gasteiger partial charge in [-0.1, -0.05) is 69.4 Å². The number of hydrogen-bond acceptors (Lipinski definition) is 2. The fourth-order valence-corrected chi connectivity index (χ4v) is 3.00. The highest BCUT2D eigenvalue weighted by atomic mass is 16.4. The molecule has 0 saturated heterocycles. The Balaban J connectivity index is 3.11. The maximum atomic E-state index is 12.0. The Labute approximate surface area is 128 Å². The largest absolute Gasteiger partial charge is 0.481 e. The van der Waals surface area contributed by atoms with Crippen molar-refractivity contribution >= 4 is 5.97 Å². The Morgan fingerprint density at radius 3 is 2.57 bits per heavy atom. The summed E-state index contributed by atoms with van der Waals surface area (Å²) >= 11 is 0. The number of aryl methyl sites for hydroxylation is 1. The van der Waals surface area contributed by atoms with Gasteiger partial charge in [-0.2, -0.15) is 0 Å². The molecule has 118 valence electrons. The zero-order chi connectivity index (χ0) is 15.9. The van der Waals surface area contributed by atoms with E-state index in [0.29, 0.717) is 12.3 Å². The molecule has 0 aliphatic rings. The summed E-state index contributed by atoms with van der Waals surface area (Å²) in [6.45, 7) is 6.44. The van der Waals surface area contributed by atoms with E-state index >= 15 is 0 Å². The van der Waals surface area contributed by atoms with Gasteiger partial charge >= 0.3 is 5.97 Å². The summed E-state index contributed by atoms with van der Waals surface area (Å²) in [6, 6.07) is 7.78. The van der Waals surface area contributed by atoms with Gasteiger partial charge in [-0.05, 0) is 24.8 Å². The predicted octanol–water partition coefficient (Wildman–Crippen LogP) is 3.88. The van der Waals surface area contributed by atoms with Crippen LogP contribution >= 0.6 is 0 Å². The van der Waals surface area contributed by atoms with Crippen LogP contribution < -0.4 is 5.73 Å². The second kappa shape index (κ2) is 8.18. The lowest BCUT2D eigenvalue weighted by molar-refractivity contribution is -0.144. The molecule has 0 bridgehead atoms. The number of carboxylic acids is 1. The van der Waals surface area contributed by atoms with Gasteiger partial charge in [0, 0.05) is 6.54 Å². The van der Waals surface area contributed by atoms with Gasteiger partial charge in [0.25, 0.3) is 0 Å². The van der Waals surface area contributed by atoms with Gasteiger partial charge in [-0.25, -0.2) is 0 Å². The number of carboxylic acid groups (broad SMARTS) is 1. The molecule has 2 atom stereocenters. The first-order valence-corrected chi connectivity index (χ1v) is 8.00. The molecule has 0 aromatic heterocycles. The molecule has 0 saturated carbocycles. The van der Waals surface area contributed by atoms with Crippen LogP contribution in [-0.4, -0.2) is 17.6 Å². The highest BCUT2D eigenvalue weighted by Crippen LogP contribution is 2.34. The number of unbranched alkanes of at least 4 members (excludes halogenated alkanes) is 1. The Hall–Kier alpha value is -1.35. The highest BCUT2D eigenvalue weighted by molar-refractivity contribution is 5.82. The summed E-state index contributed by atoms with van der Waals surface area (Å²) < 4.78 is 0. The van der Waals surface area contributed by atoms with Crippen LogP contribution in [0, 0.1) is 12.8 Å². The van der Waals surface area contributed by atoms with Gasteiger partial charge in [0.1, 0.15) is 5.41 Å². The summed E-state index contributed by atoms with van der Waals surface area (Å²) in [5.41, 5.74) is 6.90. The average Bonchev–Trinajstić information content (AvgIpc) is 2.47. The van der Waals surface area contributed by atoms with Crippen molar-refractivity contribution in [2.24, 2.45) is 11.7 Å². The smallest absolute Gasteiger partial charge is 0.315 e. The molecular formula is C18H29NO2. The fraction of sp³-hybridized carbons (Fsp3) is 0.611. The number of nitrogens with two attached hydrogens (primary N) is 1. The van der Waals surface area contributed by atoms with Crippen LogP contribution in [0.15, 0.2) is 24.3 Å². The zero-order valence-electron chi connectivity index (χ0n) is 13.6. The summed E-state index contributed by atoms with van der Waals surface area (Å²) in [6.07, 6.45) is 4.99. The quantitative estimate of drug-likeness (QED) is 0.725. The normalized spacial score (nSPS) is 15.4. The Bertz CT molecular complexity index is 458. The number of benzene rings is 1. The van der Waals surface area contributed by atoms with E-state index in [1.165, 1.54) is 0 Å². The van der Waals surface area contributed by atoms with Gasteiger partial charge in [-0.3, -0.25) is 4.79 Å². The van der Waals surface area contributed by atoms with Gasteiger partial charge in [-0.15, -0.1) is 0 Å². The van der Waals surface area contributed by atoms with E-state index in [1.807, 2.05) is 31.2 Å². The summed E-state index contributed by atoms with van der Waals surface area (Å²) in [7, 11) is 0. The van der Waals surface area contributed by atoms with Crippen molar-refractivity contribution < 1.29 is 9.90 Å². The molecule has 3 nitrogen and oxygen atoms in total. The molecule has 1 aromatic carbocycles. The fourth-order valence-electron chi connectivity index (χ4n) is 3.00. The van der Waals surface area contributed by atoms with Crippen LogP contribution in [0.2, 0.25) is 0 Å². The van der Waals surface area contributed by atoms with Crippen LogP contribution in [0.1, 0.15) is 57.1 Å². The van der Waals surface area contributed by atoms with Crippen molar-refractivity contribution in [3.63, 3.8) is 0 Å². The molecule has 1 rings (SSSR count). The lowest BCUT2D eigenvalue weighted by Gasteiger charge is -2.32. The Morgan fingerprint density at radius 1 is 1.38 bits per heavy atom. The Kier molecular flexibility index (Phi) is 6.90. The van der Waals surface area contributed by atoms with Crippen molar-refractivity contribution in [3.8, 4) is 0 Å². The van der Waals surface area contributed by atoms with Gasteiger partial charge in [0.2, 0.25) is 0 Å². The molecule has 0 aliphatic carbocycles. The molecule has 0 radical (unpaired) electrons. The molecule has 0 fully saturated rings. The van der Waals surface area contributed by atoms with E-state index in [0.717, 1.165) is 36.8 Å². The summed E-state index contributed by atoms with van der Waals surface area (Å²) in [5, 5.41) is 9.86. The molecule has 21 heavy (non-hydrogen) atoms. The standard InChI is InChI=1S/C18H29NO2/c1-4-6-9-15(5-2)12-18(13-19,17(20)21)16-10-7-8-14(3)11-16/h7-8,10-11,15H,4-6,9,12-13,19H2,1-3H3,(H,20,21). The number of carbonyl (C=O) groups is 1. The van der Waals surface area contributed by atoms with E-state index in [4.69, 9.17) is 5.73 Å². The number of aliphatic carboxylic acids is 1. The third kappa shape index (κ3) is 4.31. The monoisotopic (exact) mass is 291 g/mol. The molecule has 2 unspecified atom stereocenters. The minimum Gasteiger partial charge on any atom is -0.481 e. The average molecular weight is 291 g/mol. The topological polar surface area (TPSA) is 63.3 Å². The van der Waals surface area contributed by atoms with Gasteiger partial charge in [0.05, 0.1) is 0 Å². The lowest BCUT2D eigenvalue weighted by atomic mass is 9.72. The van der Waals surface area contributed by atoms with Crippen LogP contribution in [0.4, 0.5) is 0 Å². The molecule has 0 aliphatic heterocycles. The highest BCUT2D eigenvalue weighted by Gasteiger charge is 2.40. The van der Waals surface area contributed by atoms with Crippen LogP contribution in [0.25, 0.3) is 0 Å². The van der Waals surface area contributed by atoms with Crippen molar-refractivity contribution in [1.29, 1.82) is 0 Å². The van der Waals surface area contributed by atoms with Gasteiger partial charge in [0.15, 0.2) is 0 Å². The van der Waals surface area contributed by atoms with Crippen LogP contribution in [0.3, 0.4) is 0 Å². The van der Waals surface area contributed by atoms with Crippen molar-refractivity contribution in [2.45, 2.75) is 58.3 Å². The molecule has 0 heterocycles. The Morgan fingerprint density at radius 2 is 2.10 bits per heavy atom.